The Kier molecular flexibility index (Phi) is 5.62. The number of hydrogen-bond donors (Lipinski definition) is 3. The molecule has 6 nitrogen and oxygen atoms in total. The molecular weight excluding hydrogens is 280 g/mol. The molecule has 22 heavy (non-hydrogen) atoms. The van der Waals surface area contributed by atoms with Gasteiger partial charge in [-0.25, -0.2) is 0 Å². The molecule has 0 aliphatic heterocycles. The number of carbonyl (C=O) groups is 2. The molecule has 0 saturated carbocycles. The summed E-state index contributed by atoms with van der Waals surface area (Å²) in [7, 11) is 0. The normalized spacial score (nSPS) is 10.0. The van der Waals surface area contributed by atoms with Gasteiger partial charge in [-0.3, -0.25) is 14.6 Å². The molecule has 0 aliphatic carbocycles. The Bertz CT molecular complexity index is 644. The minimum atomic E-state index is -0.281. The van der Waals surface area contributed by atoms with Crippen molar-refractivity contribution in [2.45, 2.75) is 12.8 Å². The van der Waals surface area contributed by atoms with Crippen LogP contribution < -0.4 is 16.4 Å². The quantitative estimate of drug-likeness (QED) is 0.760. The summed E-state index contributed by atoms with van der Waals surface area (Å²) in [5, 5.41) is 5.55. The maximum absolute atomic E-state index is 12.1. The second-order valence-corrected chi connectivity index (χ2v) is 4.68. The minimum Gasteiger partial charge on any atom is -0.330 e. The first-order valence-electron chi connectivity index (χ1n) is 7.01. The number of benzene rings is 1. The van der Waals surface area contributed by atoms with Crippen molar-refractivity contribution in [2.75, 3.05) is 17.2 Å². The van der Waals surface area contributed by atoms with Crippen LogP contribution in [0, 0.1) is 0 Å². The molecule has 0 spiro atoms. The van der Waals surface area contributed by atoms with E-state index in [4.69, 9.17) is 5.73 Å². The molecule has 2 aromatic rings. The molecule has 6 heteroatoms. The summed E-state index contributed by atoms with van der Waals surface area (Å²) < 4.78 is 0. The van der Waals surface area contributed by atoms with Crippen molar-refractivity contribution in [3.05, 3.63) is 54.4 Å². The molecule has 4 N–H and O–H groups in total. The Morgan fingerprint density at radius 1 is 1.05 bits per heavy atom. The molecular formula is C16H18N4O2. The van der Waals surface area contributed by atoms with Gasteiger partial charge in [0.05, 0.1) is 16.9 Å². The largest absolute Gasteiger partial charge is 0.330 e. The van der Waals surface area contributed by atoms with Gasteiger partial charge in [0.1, 0.15) is 0 Å². The van der Waals surface area contributed by atoms with Gasteiger partial charge in [0.15, 0.2) is 0 Å². The summed E-state index contributed by atoms with van der Waals surface area (Å²) in [6.07, 6.45) is 4.05. The van der Waals surface area contributed by atoms with Gasteiger partial charge in [0.25, 0.3) is 5.91 Å². The Balaban J connectivity index is 2.08. The summed E-state index contributed by atoms with van der Waals surface area (Å²) in [5.74, 6) is -0.412. The maximum Gasteiger partial charge on any atom is 0.257 e. The van der Waals surface area contributed by atoms with Gasteiger partial charge in [-0.2, -0.15) is 0 Å². The third-order valence-electron chi connectivity index (χ3n) is 2.98. The number of nitrogens with one attached hydrogen (secondary N) is 2. The third-order valence-corrected chi connectivity index (χ3v) is 2.98. The molecule has 1 aromatic heterocycles. The Morgan fingerprint density at radius 3 is 2.41 bits per heavy atom. The highest BCUT2D eigenvalue weighted by Crippen LogP contribution is 2.22. The number of nitrogens with zero attached hydrogens (tertiary/aromatic N) is 1. The Morgan fingerprint density at radius 2 is 1.77 bits per heavy atom. The fraction of sp³-hybridized carbons (Fsp3) is 0.188. The summed E-state index contributed by atoms with van der Waals surface area (Å²) in [5.41, 5.74) is 6.93. The van der Waals surface area contributed by atoms with E-state index in [1.54, 1.807) is 42.6 Å². The summed E-state index contributed by atoms with van der Waals surface area (Å²) in [4.78, 5) is 27.8. The lowest BCUT2D eigenvalue weighted by Crippen LogP contribution is -2.17. The van der Waals surface area contributed by atoms with Crippen molar-refractivity contribution >= 4 is 23.2 Å². The molecule has 2 amide bonds. The van der Waals surface area contributed by atoms with Crippen LogP contribution in [0.3, 0.4) is 0 Å². The van der Waals surface area contributed by atoms with Crippen LogP contribution in [0.2, 0.25) is 0 Å². The van der Waals surface area contributed by atoms with Crippen LogP contribution in [0.4, 0.5) is 11.4 Å². The first-order chi connectivity index (χ1) is 10.7. The molecule has 0 atom stereocenters. The average Bonchev–Trinajstić information content (AvgIpc) is 2.55. The SMILES string of the molecule is NCCCC(=O)Nc1ccccc1NC(=O)c1cccnc1. The zero-order valence-electron chi connectivity index (χ0n) is 12.1. The van der Waals surface area contributed by atoms with Crippen molar-refractivity contribution in [3.8, 4) is 0 Å². The maximum atomic E-state index is 12.1. The molecule has 0 unspecified atom stereocenters. The highest BCUT2D eigenvalue weighted by Gasteiger charge is 2.10. The van der Waals surface area contributed by atoms with Crippen LogP contribution in [0.1, 0.15) is 23.2 Å². The van der Waals surface area contributed by atoms with Crippen molar-refractivity contribution in [3.63, 3.8) is 0 Å². The van der Waals surface area contributed by atoms with Gasteiger partial charge in [-0.05, 0) is 37.2 Å². The van der Waals surface area contributed by atoms with Gasteiger partial charge in [0, 0.05) is 18.8 Å². The van der Waals surface area contributed by atoms with Gasteiger partial charge < -0.3 is 16.4 Å². The van der Waals surface area contributed by atoms with E-state index in [2.05, 4.69) is 15.6 Å². The first kappa shape index (κ1) is 15.7. The molecule has 0 bridgehead atoms. The van der Waals surface area contributed by atoms with Gasteiger partial charge in [-0.1, -0.05) is 12.1 Å². The average molecular weight is 298 g/mol. The lowest BCUT2D eigenvalue weighted by molar-refractivity contribution is -0.116. The van der Waals surface area contributed by atoms with Crippen LogP contribution >= 0.6 is 0 Å². The highest BCUT2D eigenvalue weighted by molar-refractivity contribution is 6.07. The minimum absolute atomic E-state index is 0.131. The Hall–Kier alpha value is -2.73. The van der Waals surface area contributed by atoms with Crippen LogP contribution in [0.25, 0.3) is 0 Å². The lowest BCUT2D eigenvalue weighted by Gasteiger charge is -2.12. The van der Waals surface area contributed by atoms with Gasteiger partial charge >= 0.3 is 0 Å². The third kappa shape index (κ3) is 4.39. The van der Waals surface area contributed by atoms with E-state index in [0.717, 1.165) is 0 Å². The molecule has 1 aromatic carbocycles. The monoisotopic (exact) mass is 298 g/mol. The number of para-hydroxylation sites is 2. The molecule has 1 heterocycles. The number of amides is 2. The number of pyridine rings is 1. The smallest absolute Gasteiger partial charge is 0.257 e. The summed E-state index contributed by atoms with van der Waals surface area (Å²) >= 11 is 0. The zero-order chi connectivity index (χ0) is 15.8. The van der Waals surface area contributed by atoms with Crippen molar-refractivity contribution in [2.24, 2.45) is 5.73 Å². The van der Waals surface area contributed by atoms with Crippen molar-refractivity contribution in [1.82, 2.24) is 4.98 Å². The predicted octanol–water partition coefficient (Wildman–Crippen LogP) is 2.01. The van der Waals surface area contributed by atoms with E-state index in [1.807, 2.05) is 0 Å². The van der Waals surface area contributed by atoms with Gasteiger partial charge in [0.2, 0.25) is 5.91 Å². The van der Waals surface area contributed by atoms with Crippen LogP contribution in [0.15, 0.2) is 48.8 Å². The lowest BCUT2D eigenvalue weighted by atomic mass is 10.2. The highest BCUT2D eigenvalue weighted by atomic mass is 16.2. The number of aromatic nitrogens is 1. The van der Waals surface area contributed by atoms with E-state index in [1.165, 1.54) is 6.20 Å². The molecule has 114 valence electrons. The van der Waals surface area contributed by atoms with E-state index >= 15 is 0 Å². The topological polar surface area (TPSA) is 97.1 Å². The molecule has 2 rings (SSSR count). The summed E-state index contributed by atoms with van der Waals surface area (Å²) in [6.45, 7) is 0.465. The predicted molar refractivity (Wildman–Crippen MR) is 85.6 cm³/mol. The van der Waals surface area contributed by atoms with Crippen LogP contribution in [0.5, 0.6) is 0 Å². The molecule has 0 saturated heterocycles. The Labute approximate surface area is 128 Å². The van der Waals surface area contributed by atoms with E-state index in [-0.39, 0.29) is 11.8 Å². The zero-order valence-corrected chi connectivity index (χ0v) is 12.1. The van der Waals surface area contributed by atoms with E-state index < -0.39 is 0 Å². The molecule has 0 fully saturated rings. The number of hydrogen-bond acceptors (Lipinski definition) is 4. The molecule has 0 radical (unpaired) electrons. The standard InChI is InChI=1S/C16H18N4O2/c17-9-3-8-15(21)19-13-6-1-2-7-14(13)20-16(22)12-5-4-10-18-11-12/h1-2,4-7,10-11H,3,8-9,17H2,(H,19,21)(H,20,22). The fourth-order valence-electron chi connectivity index (χ4n) is 1.87. The second-order valence-electron chi connectivity index (χ2n) is 4.68. The first-order valence-corrected chi connectivity index (χ1v) is 7.01. The number of nitrogens with two attached hydrogens (primary N) is 1. The van der Waals surface area contributed by atoms with E-state index in [0.29, 0.717) is 36.3 Å². The van der Waals surface area contributed by atoms with Crippen molar-refractivity contribution in [1.29, 1.82) is 0 Å². The second kappa shape index (κ2) is 7.90. The van der Waals surface area contributed by atoms with Gasteiger partial charge in [-0.15, -0.1) is 0 Å². The van der Waals surface area contributed by atoms with Crippen molar-refractivity contribution < 1.29 is 9.59 Å². The summed E-state index contributed by atoms with van der Waals surface area (Å²) in [6, 6.07) is 10.4. The number of rotatable bonds is 6. The number of anilines is 2. The van der Waals surface area contributed by atoms with E-state index in [9.17, 15) is 9.59 Å². The van der Waals surface area contributed by atoms with Crippen LogP contribution in [-0.2, 0) is 4.79 Å². The number of carbonyl (C=O) groups excluding carboxylic acids is 2. The fourth-order valence-corrected chi connectivity index (χ4v) is 1.87. The van der Waals surface area contributed by atoms with Crippen LogP contribution in [-0.4, -0.2) is 23.3 Å². The molecule has 0 aliphatic rings.